The summed E-state index contributed by atoms with van der Waals surface area (Å²) in [6.45, 7) is 7.35. The SMILES string of the molecule is CCC(C)C(NC(=O)C(N)Cc1cnc[nH]1)C(=O)NC(CS)C(=O)NC(CC(C)C)C(=O)O. The molecule has 1 heterocycles. The third kappa shape index (κ3) is 9.42. The second-order valence-corrected chi connectivity index (χ2v) is 8.90. The van der Waals surface area contributed by atoms with E-state index in [2.05, 4.69) is 38.5 Å². The number of aromatic amines is 1. The van der Waals surface area contributed by atoms with Gasteiger partial charge in [-0.25, -0.2) is 9.78 Å². The first-order valence-electron chi connectivity index (χ1n) is 11.0. The summed E-state index contributed by atoms with van der Waals surface area (Å²) in [5, 5.41) is 17.1. The molecule has 1 rings (SSSR count). The zero-order valence-corrected chi connectivity index (χ0v) is 20.4. The summed E-state index contributed by atoms with van der Waals surface area (Å²) in [5.41, 5.74) is 6.66. The fraction of sp³-hybridized carbons (Fsp3) is 0.667. The number of hydrogen-bond donors (Lipinski definition) is 7. The number of amides is 3. The van der Waals surface area contributed by atoms with Gasteiger partial charge in [0.2, 0.25) is 17.7 Å². The third-order valence-electron chi connectivity index (χ3n) is 5.26. The number of H-pyrrole nitrogens is 1. The minimum Gasteiger partial charge on any atom is -0.480 e. The first-order chi connectivity index (χ1) is 15.5. The molecule has 5 atom stereocenters. The highest BCUT2D eigenvalue weighted by atomic mass is 32.1. The molecule has 7 N–H and O–H groups in total. The number of carboxylic acid groups (broad SMARTS) is 1. The molecule has 0 radical (unpaired) electrons. The van der Waals surface area contributed by atoms with Crippen LogP contribution in [0.3, 0.4) is 0 Å². The van der Waals surface area contributed by atoms with E-state index in [0.29, 0.717) is 12.1 Å². The smallest absolute Gasteiger partial charge is 0.326 e. The molecular weight excluding hydrogens is 448 g/mol. The van der Waals surface area contributed by atoms with E-state index in [9.17, 15) is 24.3 Å². The molecule has 3 amide bonds. The molecule has 0 aliphatic rings. The summed E-state index contributed by atoms with van der Waals surface area (Å²) in [6, 6.07) is -3.99. The van der Waals surface area contributed by atoms with Crippen molar-refractivity contribution in [2.45, 2.75) is 71.1 Å². The van der Waals surface area contributed by atoms with Crippen molar-refractivity contribution in [1.29, 1.82) is 0 Å². The van der Waals surface area contributed by atoms with Crippen molar-refractivity contribution in [2.75, 3.05) is 5.75 Å². The molecular formula is C21H36N6O5S. The van der Waals surface area contributed by atoms with Crippen LogP contribution in [0.4, 0.5) is 0 Å². The normalized spacial score (nSPS) is 15.7. The zero-order chi connectivity index (χ0) is 25.1. The fourth-order valence-corrected chi connectivity index (χ4v) is 3.37. The standard InChI is InChI=1S/C21H36N6O5S/c1-5-12(4)17(27-18(28)14(22)7-13-8-23-10-24-13)20(30)26-16(9-33)19(29)25-15(21(31)32)6-11(2)3/h8,10-12,14-17,33H,5-7,9,22H2,1-4H3,(H,23,24)(H,25,29)(H,26,30)(H,27,28)(H,31,32). The summed E-state index contributed by atoms with van der Waals surface area (Å²) in [7, 11) is 0. The summed E-state index contributed by atoms with van der Waals surface area (Å²) >= 11 is 4.13. The maximum absolute atomic E-state index is 13.0. The molecule has 0 saturated heterocycles. The van der Waals surface area contributed by atoms with E-state index in [1.165, 1.54) is 6.33 Å². The highest BCUT2D eigenvalue weighted by molar-refractivity contribution is 7.80. The number of carbonyl (C=O) groups is 4. The largest absolute Gasteiger partial charge is 0.480 e. The lowest BCUT2D eigenvalue weighted by Gasteiger charge is -2.27. The molecule has 0 saturated carbocycles. The van der Waals surface area contributed by atoms with E-state index in [0.717, 1.165) is 0 Å². The van der Waals surface area contributed by atoms with Gasteiger partial charge in [0.1, 0.15) is 18.1 Å². The van der Waals surface area contributed by atoms with Crippen molar-refractivity contribution < 1.29 is 24.3 Å². The first-order valence-corrected chi connectivity index (χ1v) is 11.6. The minimum absolute atomic E-state index is 0.0476. The van der Waals surface area contributed by atoms with Crippen molar-refractivity contribution in [2.24, 2.45) is 17.6 Å². The van der Waals surface area contributed by atoms with Gasteiger partial charge in [-0.3, -0.25) is 14.4 Å². The molecule has 1 aromatic rings. The molecule has 1 aromatic heterocycles. The molecule has 0 aliphatic carbocycles. The number of thiol groups is 1. The average Bonchev–Trinajstić information content (AvgIpc) is 3.26. The number of imidazole rings is 1. The molecule has 0 bridgehead atoms. The van der Waals surface area contributed by atoms with Gasteiger partial charge in [0.05, 0.1) is 12.4 Å². The predicted octanol–water partition coefficient (Wildman–Crippen LogP) is -0.159. The van der Waals surface area contributed by atoms with Crippen LogP contribution in [0.25, 0.3) is 0 Å². The molecule has 186 valence electrons. The van der Waals surface area contributed by atoms with E-state index in [1.54, 1.807) is 13.1 Å². The van der Waals surface area contributed by atoms with Gasteiger partial charge in [-0.05, 0) is 18.3 Å². The summed E-state index contributed by atoms with van der Waals surface area (Å²) in [6.07, 6.45) is 4.09. The molecule has 5 unspecified atom stereocenters. The number of carboxylic acids is 1. The Kier molecular flexibility index (Phi) is 11.9. The van der Waals surface area contributed by atoms with Crippen LogP contribution in [0.5, 0.6) is 0 Å². The third-order valence-corrected chi connectivity index (χ3v) is 5.63. The van der Waals surface area contributed by atoms with Gasteiger partial charge in [-0.1, -0.05) is 34.1 Å². The van der Waals surface area contributed by atoms with Crippen LogP contribution in [0.15, 0.2) is 12.5 Å². The topological polar surface area (TPSA) is 179 Å². The Morgan fingerprint density at radius 3 is 2.21 bits per heavy atom. The highest BCUT2D eigenvalue weighted by Gasteiger charge is 2.32. The lowest BCUT2D eigenvalue weighted by Crippen LogP contribution is -2.59. The number of rotatable bonds is 14. The number of aromatic nitrogens is 2. The number of hydrogen-bond acceptors (Lipinski definition) is 7. The second-order valence-electron chi connectivity index (χ2n) is 8.53. The zero-order valence-electron chi connectivity index (χ0n) is 19.5. The lowest BCUT2D eigenvalue weighted by molar-refractivity contribution is -0.142. The molecule has 0 spiro atoms. The van der Waals surface area contributed by atoms with Crippen molar-refractivity contribution in [3.05, 3.63) is 18.2 Å². The number of nitrogens with zero attached hydrogens (tertiary/aromatic N) is 1. The van der Waals surface area contributed by atoms with Crippen molar-refractivity contribution >= 4 is 36.3 Å². The quantitative estimate of drug-likeness (QED) is 0.179. The van der Waals surface area contributed by atoms with Gasteiger partial charge in [-0.15, -0.1) is 0 Å². The summed E-state index contributed by atoms with van der Waals surface area (Å²) < 4.78 is 0. The summed E-state index contributed by atoms with van der Waals surface area (Å²) in [5.74, 6) is -3.15. The molecule has 0 aliphatic heterocycles. The maximum Gasteiger partial charge on any atom is 0.326 e. The van der Waals surface area contributed by atoms with Crippen LogP contribution in [0, 0.1) is 11.8 Å². The van der Waals surface area contributed by atoms with Crippen LogP contribution >= 0.6 is 12.6 Å². The van der Waals surface area contributed by atoms with E-state index in [-0.39, 0.29) is 30.4 Å². The van der Waals surface area contributed by atoms with Crippen LogP contribution in [0.1, 0.15) is 46.2 Å². The Labute approximate surface area is 199 Å². The van der Waals surface area contributed by atoms with Crippen LogP contribution < -0.4 is 21.7 Å². The monoisotopic (exact) mass is 484 g/mol. The van der Waals surface area contributed by atoms with E-state index in [4.69, 9.17) is 5.73 Å². The Morgan fingerprint density at radius 2 is 1.73 bits per heavy atom. The minimum atomic E-state index is -1.16. The molecule has 11 nitrogen and oxygen atoms in total. The first kappa shape index (κ1) is 28.4. The number of nitrogens with one attached hydrogen (secondary N) is 4. The molecule has 12 heteroatoms. The van der Waals surface area contributed by atoms with Crippen LogP contribution in [-0.4, -0.2) is 68.7 Å². The number of carbonyl (C=O) groups excluding carboxylic acids is 3. The van der Waals surface area contributed by atoms with Crippen molar-refractivity contribution in [3.63, 3.8) is 0 Å². The van der Waals surface area contributed by atoms with Gasteiger partial charge in [-0.2, -0.15) is 12.6 Å². The predicted molar refractivity (Wildman–Crippen MR) is 126 cm³/mol. The number of nitrogens with two attached hydrogens (primary N) is 1. The van der Waals surface area contributed by atoms with Gasteiger partial charge in [0.15, 0.2) is 0 Å². The van der Waals surface area contributed by atoms with Gasteiger partial charge >= 0.3 is 5.97 Å². The van der Waals surface area contributed by atoms with Crippen molar-refractivity contribution in [3.8, 4) is 0 Å². The maximum atomic E-state index is 13.0. The highest BCUT2D eigenvalue weighted by Crippen LogP contribution is 2.10. The van der Waals surface area contributed by atoms with Gasteiger partial charge in [0, 0.05) is 24.1 Å². The Balaban J connectivity index is 2.84. The Hall–Kier alpha value is -2.60. The number of aliphatic carboxylic acids is 1. The average molecular weight is 485 g/mol. The molecule has 0 aromatic carbocycles. The van der Waals surface area contributed by atoms with Gasteiger partial charge in [0.25, 0.3) is 0 Å². The van der Waals surface area contributed by atoms with Gasteiger partial charge < -0.3 is 31.8 Å². The van der Waals surface area contributed by atoms with Crippen LogP contribution in [0.2, 0.25) is 0 Å². The van der Waals surface area contributed by atoms with E-state index in [1.807, 2.05) is 20.8 Å². The lowest BCUT2D eigenvalue weighted by atomic mass is 9.97. The summed E-state index contributed by atoms with van der Waals surface area (Å²) in [4.78, 5) is 56.4. The molecule has 33 heavy (non-hydrogen) atoms. The fourth-order valence-electron chi connectivity index (χ4n) is 3.11. The molecule has 0 fully saturated rings. The Bertz CT molecular complexity index is 788. The van der Waals surface area contributed by atoms with Crippen molar-refractivity contribution in [1.82, 2.24) is 25.9 Å². The second kappa shape index (κ2) is 13.8. The van der Waals surface area contributed by atoms with E-state index >= 15 is 0 Å². The Morgan fingerprint density at radius 1 is 1.09 bits per heavy atom. The van der Waals surface area contributed by atoms with E-state index < -0.39 is 47.9 Å². The van der Waals surface area contributed by atoms with Crippen LogP contribution in [-0.2, 0) is 25.6 Å².